The summed E-state index contributed by atoms with van der Waals surface area (Å²) in [5, 5.41) is 9.62. The number of hydrogen-bond donors (Lipinski definition) is 0. The van der Waals surface area contributed by atoms with Gasteiger partial charge in [-0.15, -0.1) is 10.2 Å². The third kappa shape index (κ3) is 4.03. The van der Waals surface area contributed by atoms with Crippen LogP contribution in [0.25, 0.3) is 17.1 Å². The molecule has 1 amide bonds. The molecule has 0 aliphatic carbocycles. The summed E-state index contributed by atoms with van der Waals surface area (Å²) >= 11 is 1.43. The van der Waals surface area contributed by atoms with E-state index in [-0.39, 0.29) is 5.91 Å². The van der Waals surface area contributed by atoms with Crippen molar-refractivity contribution in [3.05, 3.63) is 89.7 Å². The highest BCUT2D eigenvalue weighted by molar-refractivity contribution is 7.99. The van der Waals surface area contributed by atoms with Crippen LogP contribution in [0.1, 0.15) is 16.7 Å². The summed E-state index contributed by atoms with van der Waals surface area (Å²) in [7, 11) is 0. The number of hydrogen-bond acceptors (Lipinski definition) is 5. The van der Waals surface area contributed by atoms with Gasteiger partial charge in [-0.3, -0.25) is 14.3 Å². The monoisotopic (exact) mass is 441 g/mol. The zero-order valence-corrected chi connectivity index (χ0v) is 18.6. The number of thioether (sulfide) groups is 1. The van der Waals surface area contributed by atoms with Gasteiger partial charge in [-0.2, -0.15) is 0 Å². The third-order valence-electron chi connectivity index (χ3n) is 5.74. The minimum Gasteiger partial charge on any atom is -0.337 e. The van der Waals surface area contributed by atoms with Crippen molar-refractivity contribution in [1.29, 1.82) is 0 Å². The van der Waals surface area contributed by atoms with E-state index in [2.05, 4.69) is 52.4 Å². The molecule has 160 valence electrons. The van der Waals surface area contributed by atoms with Gasteiger partial charge in [-0.1, -0.05) is 54.2 Å². The van der Waals surface area contributed by atoms with Crippen LogP contribution in [-0.4, -0.2) is 42.9 Å². The molecule has 0 saturated carbocycles. The lowest BCUT2D eigenvalue weighted by atomic mass is 10.00. The quantitative estimate of drug-likeness (QED) is 0.432. The molecule has 2 aromatic carbocycles. The molecular formula is C25H23N5OS. The molecule has 2 aromatic heterocycles. The Balaban J connectivity index is 1.40. The normalized spacial score (nSPS) is 13.1. The Morgan fingerprint density at radius 3 is 2.53 bits per heavy atom. The van der Waals surface area contributed by atoms with Gasteiger partial charge in [0, 0.05) is 31.0 Å². The molecule has 32 heavy (non-hydrogen) atoms. The second-order valence-corrected chi connectivity index (χ2v) is 8.73. The number of rotatable bonds is 5. The SMILES string of the molecule is Cc1ccccc1-n1c(SCC(=O)N2CCc3ccccc3C2)nnc1-c1ccncc1. The van der Waals surface area contributed by atoms with Crippen molar-refractivity contribution < 1.29 is 4.79 Å². The molecule has 0 atom stereocenters. The van der Waals surface area contributed by atoms with Crippen LogP contribution in [-0.2, 0) is 17.8 Å². The van der Waals surface area contributed by atoms with Crippen LogP contribution in [0.3, 0.4) is 0 Å². The highest BCUT2D eigenvalue weighted by atomic mass is 32.2. The highest BCUT2D eigenvalue weighted by Crippen LogP contribution is 2.29. The highest BCUT2D eigenvalue weighted by Gasteiger charge is 2.23. The van der Waals surface area contributed by atoms with Gasteiger partial charge in [-0.25, -0.2) is 0 Å². The van der Waals surface area contributed by atoms with Crippen LogP contribution in [0.15, 0.2) is 78.2 Å². The summed E-state index contributed by atoms with van der Waals surface area (Å²) in [4.78, 5) is 19.1. The zero-order chi connectivity index (χ0) is 21.9. The standard InChI is InChI=1S/C25H23N5OS/c1-18-6-2-5-9-22(18)30-24(20-10-13-26-14-11-20)27-28-25(30)32-17-23(31)29-15-12-19-7-3-4-8-21(19)16-29/h2-11,13-14H,12,15-17H2,1H3. The number of pyridine rings is 1. The largest absolute Gasteiger partial charge is 0.337 e. The zero-order valence-electron chi connectivity index (χ0n) is 17.8. The minimum absolute atomic E-state index is 0.120. The topological polar surface area (TPSA) is 63.9 Å². The minimum atomic E-state index is 0.120. The molecule has 0 fully saturated rings. The summed E-state index contributed by atoms with van der Waals surface area (Å²) < 4.78 is 2.04. The fraction of sp³-hybridized carbons (Fsp3) is 0.200. The van der Waals surface area contributed by atoms with Crippen molar-refractivity contribution in [2.45, 2.75) is 25.0 Å². The van der Waals surface area contributed by atoms with Crippen molar-refractivity contribution in [2.75, 3.05) is 12.3 Å². The van der Waals surface area contributed by atoms with Crippen molar-refractivity contribution in [3.63, 3.8) is 0 Å². The lowest BCUT2D eigenvalue weighted by molar-refractivity contribution is -0.129. The van der Waals surface area contributed by atoms with Gasteiger partial charge in [0.15, 0.2) is 11.0 Å². The van der Waals surface area contributed by atoms with Crippen molar-refractivity contribution in [2.24, 2.45) is 0 Å². The Bertz CT molecular complexity index is 1250. The predicted octanol–water partition coefficient (Wildman–Crippen LogP) is 4.31. The fourth-order valence-electron chi connectivity index (χ4n) is 4.01. The third-order valence-corrected chi connectivity index (χ3v) is 6.65. The van der Waals surface area contributed by atoms with Crippen LogP contribution < -0.4 is 0 Å². The molecule has 5 rings (SSSR count). The first-order valence-corrected chi connectivity index (χ1v) is 11.6. The average Bonchev–Trinajstić information content (AvgIpc) is 3.26. The fourth-order valence-corrected chi connectivity index (χ4v) is 4.86. The first-order chi connectivity index (χ1) is 15.7. The summed E-state index contributed by atoms with van der Waals surface area (Å²) in [5.74, 6) is 1.18. The Hall–Kier alpha value is -3.45. The van der Waals surface area contributed by atoms with E-state index in [9.17, 15) is 4.79 Å². The molecule has 0 saturated heterocycles. The predicted molar refractivity (Wildman–Crippen MR) is 126 cm³/mol. The van der Waals surface area contributed by atoms with E-state index in [0.717, 1.165) is 35.6 Å². The molecule has 7 heteroatoms. The molecule has 4 aromatic rings. The second kappa shape index (κ2) is 8.96. The molecule has 3 heterocycles. The average molecular weight is 442 g/mol. The van der Waals surface area contributed by atoms with E-state index in [1.807, 2.05) is 39.8 Å². The van der Waals surface area contributed by atoms with E-state index in [4.69, 9.17) is 0 Å². The smallest absolute Gasteiger partial charge is 0.233 e. The van der Waals surface area contributed by atoms with Crippen LogP contribution in [0.5, 0.6) is 0 Å². The lowest BCUT2D eigenvalue weighted by Crippen LogP contribution is -2.37. The summed E-state index contributed by atoms with van der Waals surface area (Å²) in [6.45, 7) is 3.49. The number of amides is 1. The van der Waals surface area contributed by atoms with E-state index in [1.165, 1.54) is 22.9 Å². The van der Waals surface area contributed by atoms with Gasteiger partial charge in [-0.05, 0) is 48.2 Å². The Morgan fingerprint density at radius 1 is 0.969 bits per heavy atom. The van der Waals surface area contributed by atoms with Gasteiger partial charge in [0.05, 0.1) is 11.4 Å². The Morgan fingerprint density at radius 2 is 1.72 bits per heavy atom. The van der Waals surface area contributed by atoms with E-state index in [1.54, 1.807) is 12.4 Å². The first-order valence-electron chi connectivity index (χ1n) is 10.6. The van der Waals surface area contributed by atoms with Crippen LogP contribution in [0.2, 0.25) is 0 Å². The Labute approximate surface area is 191 Å². The van der Waals surface area contributed by atoms with Gasteiger partial charge in [0.1, 0.15) is 0 Å². The van der Waals surface area contributed by atoms with Crippen LogP contribution >= 0.6 is 11.8 Å². The number of carbonyl (C=O) groups is 1. The van der Waals surface area contributed by atoms with E-state index in [0.29, 0.717) is 17.5 Å². The number of carbonyl (C=O) groups excluding carboxylic acids is 1. The van der Waals surface area contributed by atoms with E-state index < -0.39 is 0 Å². The van der Waals surface area contributed by atoms with Crippen molar-refractivity contribution in [1.82, 2.24) is 24.6 Å². The molecule has 0 unspecified atom stereocenters. The first kappa shape index (κ1) is 20.5. The lowest BCUT2D eigenvalue weighted by Gasteiger charge is -2.28. The number of benzene rings is 2. The molecule has 6 nitrogen and oxygen atoms in total. The summed E-state index contributed by atoms with van der Waals surface area (Å²) in [5.41, 5.74) is 5.63. The van der Waals surface area contributed by atoms with Gasteiger partial charge < -0.3 is 4.90 Å². The van der Waals surface area contributed by atoms with Gasteiger partial charge in [0.25, 0.3) is 0 Å². The molecule has 0 spiro atoms. The number of aromatic nitrogens is 4. The summed E-state index contributed by atoms with van der Waals surface area (Å²) in [6.07, 6.45) is 4.39. The molecule has 0 radical (unpaired) electrons. The molecule has 1 aliphatic rings. The molecule has 1 aliphatic heterocycles. The Kier molecular flexibility index (Phi) is 5.73. The van der Waals surface area contributed by atoms with E-state index >= 15 is 0 Å². The number of aryl methyl sites for hydroxylation is 1. The van der Waals surface area contributed by atoms with Crippen molar-refractivity contribution >= 4 is 17.7 Å². The van der Waals surface area contributed by atoms with Crippen molar-refractivity contribution in [3.8, 4) is 17.1 Å². The molecule has 0 N–H and O–H groups in total. The number of nitrogens with zero attached hydrogens (tertiary/aromatic N) is 5. The van der Waals surface area contributed by atoms with Gasteiger partial charge in [0.2, 0.25) is 5.91 Å². The maximum absolute atomic E-state index is 13.0. The molecular weight excluding hydrogens is 418 g/mol. The number of para-hydroxylation sites is 1. The van der Waals surface area contributed by atoms with Crippen LogP contribution in [0.4, 0.5) is 0 Å². The number of fused-ring (bicyclic) bond motifs is 1. The summed E-state index contributed by atoms with van der Waals surface area (Å²) in [6, 6.07) is 20.3. The molecule has 0 bridgehead atoms. The van der Waals surface area contributed by atoms with Gasteiger partial charge >= 0.3 is 0 Å². The van der Waals surface area contributed by atoms with Crippen LogP contribution in [0, 0.1) is 6.92 Å². The second-order valence-electron chi connectivity index (χ2n) is 7.79. The maximum atomic E-state index is 13.0. The maximum Gasteiger partial charge on any atom is 0.233 e.